The predicted molar refractivity (Wildman–Crippen MR) is 88.9 cm³/mol. The summed E-state index contributed by atoms with van der Waals surface area (Å²) in [6.45, 7) is 6.81. The zero-order valence-corrected chi connectivity index (χ0v) is 14.2. The predicted octanol–water partition coefficient (Wildman–Crippen LogP) is 2.12. The minimum atomic E-state index is 0.0119. The van der Waals surface area contributed by atoms with Crippen LogP contribution in [0.5, 0.6) is 0 Å². The lowest BCUT2D eigenvalue weighted by atomic mass is 9.83. The van der Waals surface area contributed by atoms with Crippen molar-refractivity contribution in [1.82, 2.24) is 9.80 Å². The van der Waals surface area contributed by atoms with Gasteiger partial charge in [-0.25, -0.2) is 0 Å². The second kappa shape index (κ2) is 6.69. The molecule has 122 valence electrons. The number of amides is 1. The fourth-order valence-electron chi connectivity index (χ4n) is 3.62. The van der Waals surface area contributed by atoms with E-state index in [0.717, 1.165) is 52.0 Å². The summed E-state index contributed by atoms with van der Waals surface area (Å²) in [6.07, 6.45) is 3.81. The Bertz CT molecular complexity index is 530. The molecule has 1 amide bonds. The number of carbonyl (C=O) groups excluding carboxylic acids is 1. The topological polar surface area (TPSA) is 43.8 Å². The molecule has 1 aromatic heterocycles. The SMILES string of the molecule is CC1(CO)CCCN(CCC(=O)N2CCc3sccc3C2)C1. The fourth-order valence-corrected chi connectivity index (χ4v) is 4.51. The maximum Gasteiger partial charge on any atom is 0.224 e. The van der Waals surface area contributed by atoms with Crippen molar-refractivity contribution >= 4 is 17.2 Å². The van der Waals surface area contributed by atoms with Gasteiger partial charge in [-0.15, -0.1) is 11.3 Å². The summed E-state index contributed by atoms with van der Waals surface area (Å²) < 4.78 is 0. The molecule has 2 aliphatic rings. The second-order valence-electron chi connectivity index (χ2n) is 7.03. The monoisotopic (exact) mass is 322 g/mol. The van der Waals surface area contributed by atoms with E-state index in [4.69, 9.17) is 0 Å². The molecule has 0 spiro atoms. The largest absolute Gasteiger partial charge is 0.396 e. The molecule has 1 fully saturated rings. The van der Waals surface area contributed by atoms with Crippen LogP contribution in [-0.2, 0) is 17.8 Å². The van der Waals surface area contributed by atoms with Gasteiger partial charge >= 0.3 is 0 Å². The maximum atomic E-state index is 12.5. The van der Waals surface area contributed by atoms with Crippen molar-refractivity contribution in [2.45, 2.75) is 39.2 Å². The highest BCUT2D eigenvalue weighted by Gasteiger charge is 2.30. The molecule has 22 heavy (non-hydrogen) atoms. The van der Waals surface area contributed by atoms with Crippen LogP contribution in [0.4, 0.5) is 0 Å². The van der Waals surface area contributed by atoms with Crippen LogP contribution in [0.2, 0.25) is 0 Å². The van der Waals surface area contributed by atoms with Gasteiger partial charge in [0.15, 0.2) is 0 Å². The molecule has 1 atom stereocenters. The van der Waals surface area contributed by atoms with Gasteiger partial charge in [-0.3, -0.25) is 4.79 Å². The van der Waals surface area contributed by atoms with Crippen molar-refractivity contribution in [3.63, 3.8) is 0 Å². The van der Waals surface area contributed by atoms with Crippen LogP contribution >= 0.6 is 11.3 Å². The van der Waals surface area contributed by atoms with E-state index in [9.17, 15) is 9.90 Å². The van der Waals surface area contributed by atoms with Crippen LogP contribution < -0.4 is 0 Å². The number of nitrogens with zero attached hydrogens (tertiary/aromatic N) is 2. The normalized spacial score (nSPS) is 26.0. The van der Waals surface area contributed by atoms with Gasteiger partial charge in [0.05, 0.1) is 0 Å². The van der Waals surface area contributed by atoms with Gasteiger partial charge < -0.3 is 14.9 Å². The van der Waals surface area contributed by atoms with Crippen LogP contribution in [0.1, 0.15) is 36.6 Å². The molecule has 4 nitrogen and oxygen atoms in total. The fraction of sp³-hybridized carbons (Fsp3) is 0.706. The molecular formula is C17H26N2O2S. The average Bonchev–Trinajstić information content (AvgIpc) is 3.00. The third-order valence-corrected chi connectivity index (χ3v) is 6.07. The summed E-state index contributed by atoms with van der Waals surface area (Å²) in [7, 11) is 0. The van der Waals surface area contributed by atoms with Crippen LogP contribution in [-0.4, -0.2) is 53.6 Å². The number of aliphatic hydroxyl groups is 1. The molecule has 0 aromatic carbocycles. The number of carbonyl (C=O) groups is 1. The average molecular weight is 322 g/mol. The smallest absolute Gasteiger partial charge is 0.224 e. The Kier molecular flexibility index (Phi) is 4.85. The Balaban J connectivity index is 1.49. The molecule has 1 saturated heterocycles. The Morgan fingerprint density at radius 1 is 1.45 bits per heavy atom. The van der Waals surface area contributed by atoms with Crippen molar-refractivity contribution in [2.75, 3.05) is 32.8 Å². The maximum absolute atomic E-state index is 12.5. The van der Waals surface area contributed by atoms with Crippen LogP contribution in [0.25, 0.3) is 0 Å². The summed E-state index contributed by atoms with van der Waals surface area (Å²) in [5.41, 5.74) is 1.34. The molecule has 1 aromatic rings. The van der Waals surface area contributed by atoms with E-state index in [1.807, 2.05) is 16.2 Å². The number of likely N-dealkylation sites (tertiary alicyclic amines) is 1. The summed E-state index contributed by atoms with van der Waals surface area (Å²) in [4.78, 5) is 18.2. The van der Waals surface area contributed by atoms with Crippen molar-refractivity contribution in [3.05, 3.63) is 21.9 Å². The van der Waals surface area contributed by atoms with Gasteiger partial charge in [0, 0.05) is 49.5 Å². The van der Waals surface area contributed by atoms with Crippen molar-refractivity contribution in [2.24, 2.45) is 5.41 Å². The molecule has 0 aliphatic carbocycles. The quantitative estimate of drug-likeness (QED) is 0.923. The Morgan fingerprint density at radius 2 is 2.32 bits per heavy atom. The van der Waals surface area contributed by atoms with Gasteiger partial charge in [-0.2, -0.15) is 0 Å². The van der Waals surface area contributed by atoms with E-state index in [-0.39, 0.29) is 17.9 Å². The third kappa shape index (κ3) is 3.53. The number of thiophene rings is 1. The van der Waals surface area contributed by atoms with Crippen LogP contribution in [0.3, 0.4) is 0 Å². The third-order valence-electron chi connectivity index (χ3n) is 5.04. The Labute approximate surface area is 136 Å². The van der Waals surface area contributed by atoms with Gasteiger partial charge in [-0.1, -0.05) is 6.92 Å². The Morgan fingerprint density at radius 3 is 3.14 bits per heavy atom. The van der Waals surface area contributed by atoms with Gasteiger partial charge in [-0.05, 0) is 42.8 Å². The first-order chi connectivity index (χ1) is 10.6. The second-order valence-corrected chi connectivity index (χ2v) is 8.03. The lowest BCUT2D eigenvalue weighted by Crippen LogP contribution is -2.45. The van der Waals surface area contributed by atoms with Gasteiger partial charge in [0.25, 0.3) is 0 Å². The lowest BCUT2D eigenvalue weighted by Gasteiger charge is -2.39. The van der Waals surface area contributed by atoms with Crippen LogP contribution in [0, 0.1) is 5.41 Å². The number of aliphatic hydroxyl groups excluding tert-OH is 1. The molecular weight excluding hydrogens is 296 g/mol. The number of fused-ring (bicyclic) bond motifs is 1. The van der Waals surface area contributed by atoms with E-state index in [1.54, 1.807) is 0 Å². The molecule has 1 N–H and O–H groups in total. The van der Waals surface area contributed by atoms with E-state index < -0.39 is 0 Å². The molecule has 0 saturated carbocycles. The first-order valence-corrected chi connectivity index (χ1v) is 9.14. The standard InChI is InChI=1S/C17H26N2O2S/c1-17(13-20)6-2-7-18(12-17)8-4-16(21)19-9-3-15-14(11-19)5-10-22-15/h5,10,20H,2-4,6-9,11-13H2,1H3. The summed E-state index contributed by atoms with van der Waals surface area (Å²) in [6, 6.07) is 2.15. The highest BCUT2D eigenvalue weighted by Crippen LogP contribution is 2.29. The molecule has 3 heterocycles. The molecule has 0 bridgehead atoms. The molecule has 5 heteroatoms. The molecule has 1 unspecified atom stereocenters. The minimum Gasteiger partial charge on any atom is -0.396 e. The molecule has 3 rings (SSSR count). The number of piperidine rings is 1. The van der Waals surface area contributed by atoms with E-state index >= 15 is 0 Å². The molecule has 0 radical (unpaired) electrons. The van der Waals surface area contributed by atoms with Crippen molar-refractivity contribution < 1.29 is 9.90 Å². The minimum absolute atomic E-state index is 0.0119. The van der Waals surface area contributed by atoms with E-state index in [2.05, 4.69) is 23.3 Å². The number of rotatable bonds is 4. The number of hydrogen-bond acceptors (Lipinski definition) is 4. The zero-order valence-electron chi connectivity index (χ0n) is 13.4. The number of hydrogen-bond donors (Lipinski definition) is 1. The zero-order chi connectivity index (χ0) is 15.6. The van der Waals surface area contributed by atoms with E-state index in [0.29, 0.717) is 6.42 Å². The van der Waals surface area contributed by atoms with Crippen molar-refractivity contribution in [1.29, 1.82) is 0 Å². The first-order valence-electron chi connectivity index (χ1n) is 8.26. The lowest BCUT2D eigenvalue weighted by molar-refractivity contribution is -0.132. The first kappa shape index (κ1) is 16.0. The van der Waals surface area contributed by atoms with Gasteiger partial charge in [0.1, 0.15) is 0 Å². The van der Waals surface area contributed by atoms with E-state index in [1.165, 1.54) is 10.4 Å². The summed E-state index contributed by atoms with van der Waals surface area (Å²) in [5, 5.41) is 11.6. The summed E-state index contributed by atoms with van der Waals surface area (Å²) >= 11 is 1.81. The highest BCUT2D eigenvalue weighted by molar-refractivity contribution is 7.10. The summed E-state index contributed by atoms with van der Waals surface area (Å²) in [5.74, 6) is 0.271. The molecule has 2 aliphatic heterocycles. The van der Waals surface area contributed by atoms with Gasteiger partial charge in [0.2, 0.25) is 5.91 Å². The van der Waals surface area contributed by atoms with Crippen LogP contribution in [0.15, 0.2) is 11.4 Å². The Hall–Kier alpha value is -0.910. The highest BCUT2D eigenvalue weighted by atomic mass is 32.1. The van der Waals surface area contributed by atoms with Crippen molar-refractivity contribution in [3.8, 4) is 0 Å².